The van der Waals surface area contributed by atoms with E-state index in [0.717, 1.165) is 18.5 Å². The van der Waals surface area contributed by atoms with Crippen LogP contribution in [-0.2, 0) is 0 Å². The molecule has 0 aromatic rings. The molecule has 0 saturated heterocycles. The second-order valence-electron chi connectivity index (χ2n) is 5.76. The molecule has 0 aromatic carbocycles. The van der Waals surface area contributed by atoms with Crippen molar-refractivity contribution >= 4 is 0 Å². The first-order valence-electron chi connectivity index (χ1n) is 6.46. The molecule has 0 amide bonds. The van der Waals surface area contributed by atoms with Crippen LogP contribution >= 0.6 is 0 Å². The Hall–Kier alpha value is -0.0800. The van der Waals surface area contributed by atoms with Crippen molar-refractivity contribution in [1.29, 1.82) is 0 Å². The highest BCUT2D eigenvalue weighted by Crippen LogP contribution is 2.26. The van der Waals surface area contributed by atoms with E-state index in [1.54, 1.807) is 0 Å². The van der Waals surface area contributed by atoms with Crippen molar-refractivity contribution in [1.82, 2.24) is 4.90 Å². The van der Waals surface area contributed by atoms with Crippen LogP contribution in [0.2, 0.25) is 0 Å². The zero-order valence-electron chi connectivity index (χ0n) is 10.9. The number of hydrogen-bond acceptors (Lipinski definition) is 2. The van der Waals surface area contributed by atoms with Gasteiger partial charge in [0.2, 0.25) is 0 Å². The van der Waals surface area contributed by atoms with Crippen molar-refractivity contribution in [3.05, 3.63) is 0 Å². The van der Waals surface area contributed by atoms with Crippen LogP contribution in [0.15, 0.2) is 0 Å². The van der Waals surface area contributed by atoms with E-state index in [2.05, 4.69) is 32.7 Å². The summed E-state index contributed by atoms with van der Waals surface area (Å²) in [6.07, 6.45) is 5.52. The first kappa shape index (κ1) is 13.0. The summed E-state index contributed by atoms with van der Waals surface area (Å²) in [5.41, 5.74) is 6.11. The molecule has 0 radical (unpaired) electrons. The number of rotatable bonds is 4. The van der Waals surface area contributed by atoms with Gasteiger partial charge in [-0.1, -0.05) is 20.8 Å². The van der Waals surface area contributed by atoms with Gasteiger partial charge in [-0.05, 0) is 44.6 Å². The molecule has 15 heavy (non-hydrogen) atoms. The van der Waals surface area contributed by atoms with Gasteiger partial charge in [-0.3, -0.25) is 0 Å². The second-order valence-corrected chi connectivity index (χ2v) is 5.76. The lowest BCUT2D eigenvalue weighted by atomic mass is 9.86. The quantitative estimate of drug-likeness (QED) is 0.776. The summed E-state index contributed by atoms with van der Waals surface area (Å²) in [7, 11) is 2.24. The van der Waals surface area contributed by atoms with E-state index in [9.17, 15) is 0 Å². The predicted molar refractivity (Wildman–Crippen MR) is 66.9 cm³/mol. The highest BCUT2D eigenvalue weighted by molar-refractivity contribution is 4.79. The molecule has 2 nitrogen and oxygen atoms in total. The van der Waals surface area contributed by atoms with Crippen LogP contribution < -0.4 is 5.73 Å². The molecule has 0 spiro atoms. The van der Waals surface area contributed by atoms with Crippen molar-refractivity contribution in [2.45, 2.75) is 58.5 Å². The second kappa shape index (κ2) is 5.86. The molecule has 90 valence electrons. The van der Waals surface area contributed by atoms with Crippen LogP contribution in [0.25, 0.3) is 0 Å². The Balaban J connectivity index is 2.30. The Morgan fingerprint density at radius 3 is 2.20 bits per heavy atom. The molecule has 1 rings (SSSR count). The number of likely N-dealkylation sites (N-methyl/N-ethyl adjacent to an activating group) is 1. The van der Waals surface area contributed by atoms with Gasteiger partial charge in [-0.25, -0.2) is 0 Å². The van der Waals surface area contributed by atoms with Crippen LogP contribution in [0.5, 0.6) is 0 Å². The predicted octanol–water partition coefficient (Wildman–Crippen LogP) is 2.48. The molecule has 1 unspecified atom stereocenters. The zero-order valence-corrected chi connectivity index (χ0v) is 10.9. The smallest absolute Gasteiger partial charge is 0.0191 e. The van der Waals surface area contributed by atoms with Crippen LogP contribution in [0.3, 0.4) is 0 Å². The molecule has 0 bridgehead atoms. The lowest BCUT2D eigenvalue weighted by Crippen LogP contribution is -2.44. The summed E-state index contributed by atoms with van der Waals surface area (Å²) >= 11 is 0. The fourth-order valence-electron chi connectivity index (χ4n) is 2.38. The molecule has 1 aliphatic rings. The summed E-state index contributed by atoms with van der Waals surface area (Å²) in [6.45, 7) is 7.84. The van der Waals surface area contributed by atoms with Gasteiger partial charge >= 0.3 is 0 Å². The molecular weight excluding hydrogens is 184 g/mol. The molecule has 1 aliphatic carbocycles. The molecule has 1 fully saturated rings. The van der Waals surface area contributed by atoms with Crippen molar-refractivity contribution in [2.75, 3.05) is 13.6 Å². The maximum absolute atomic E-state index is 6.11. The summed E-state index contributed by atoms with van der Waals surface area (Å²) < 4.78 is 0. The first-order chi connectivity index (χ1) is 7.00. The zero-order chi connectivity index (χ0) is 11.4. The van der Waals surface area contributed by atoms with Gasteiger partial charge in [0.05, 0.1) is 0 Å². The van der Waals surface area contributed by atoms with Crippen LogP contribution in [0.4, 0.5) is 0 Å². The third-order valence-electron chi connectivity index (χ3n) is 3.96. The first-order valence-corrected chi connectivity index (χ1v) is 6.46. The monoisotopic (exact) mass is 212 g/mol. The van der Waals surface area contributed by atoms with E-state index in [-0.39, 0.29) is 0 Å². The fourth-order valence-corrected chi connectivity index (χ4v) is 2.38. The Morgan fingerprint density at radius 2 is 1.73 bits per heavy atom. The van der Waals surface area contributed by atoms with E-state index in [0.29, 0.717) is 12.0 Å². The van der Waals surface area contributed by atoms with Gasteiger partial charge < -0.3 is 10.6 Å². The van der Waals surface area contributed by atoms with Crippen molar-refractivity contribution in [3.8, 4) is 0 Å². The van der Waals surface area contributed by atoms with E-state index in [1.165, 1.54) is 25.7 Å². The highest BCUT2D eigenvalue weighted by atomic mass is 15.1. The van der Waals surface area contributed by atoms with Crippen molar-refractivity contribution in [2.24, 2.45) is 17.6 Å². The standard InChI is InChI=1S/C13H28N2/c1-10(2)13(14)9-15(4)12-7-5-11(3)6-8-12/h10-13H,5-9,14H2,1-4H3. The molecule has 2 heteroatoms. The average Bonchev–Trinajstić information content (AvgIpc) is 2.18. The maximum atomic E-state index is 6.11. The summed E-state index contributed by atoms with van der Waals surface area (Å²) in [6, 6.07) is 1.11. The molecule has 2 N–H and O–H groups in total. The van der Waals surface area contributed by atoms with E-state index < -0.39 is 0 Å². The van der Waals surface area contributed by atoms with Gasteiger partial charge in [0.15, 0.2) is 0 Å². The van der Waals surface area contributed by atoms with E-state index in [4.69, 9.17) is 5.73 Å². The maximum Gasteiger partial charge on any atom is 0.0191 e. The molecule has 0 aliphatic heterocycles. The molecule has 1 atom stereocenters. The van der Waals surface area contributed by atoms with Gasteiger partial charge in [-0.15, -0.1) is 0 Å². The Morgan fingerprint density at radius 1 is 1.20 bits per heavy atom. The number of nitrogens with two attached hydrogens (primary N) is 1. The van der Waals surface area contributed by atoms with Crippen LogP contribution in [-0.4, -0.2) is 30.6 Å². The average molecular weight is 212 g/mol. The Kier molecular flexibility index (Phi) is 5.07. The van der Waals surface area contributed by atoms with Crippen molar-refractivity contribution in [3.63, 3.8) is 0 Å². The van der Waals surface area contributed by atoms with E-state index >= 15 is 0 Å². The minimum atomic E-state index is 0.328. The van der Waals surface area contributed by atoms with Crippen molar-refractivity contribution < 1.29 is 0 Å². The number of nitrogens with zero attached hydrogens (tertiary/aromatic N) is 1. The minimum absolute atomic E-state index is 0.328. The fraction of sp³-hybridized carbons (Fsp3) is 1.00. The largest absolute Gasteiger partial charge is 0.326 e. The topological polar surface area (TPSA) is 29.3 Å². The van der Waals surface area contributed by atoms with Gasteiger partial charge in [-0.2, -0.15) is 0 Å². The third-order valence-corrected chi connectivity index (χ3v) is 3.96. The molecule has 1 saturated carbocycles. The summed E-state index contributed by atoms with van der Waals surface area (Å²) in [5, 5.41) is 0. The van der Waals surface area contributed by atoms with Gasteiger partial charge in [0.1, 0.15) is 0 Å². The summed E-state index contributed by atoms with van der Waals surface area (Å²) in [5.74, 6) is 1.53. The van der Waals surface area contributed by atoms with Gasteiger partial charge in [0, 0.05) is 18.6 Å². The highest BCUT2D eigenvalue weighted by Gasteiger charge is 2.23. The summed E-state index contributed by atoms with van der Waals surface area (Å²) in [4.78, 5) is 2.48. The Bertz CT molecular complexity index is 171. The lowest BCUT2D eigenvalue weighted by Gasteiger charge is -2.35. The van der Waals surface area contributed by atoms with E-state index in [1.807, 2.05) is 0 Å². The van der Waals surface area contributed by atoms with Crippen LogP contribution in [0, 0.1) is 11.8 Å². The minimum Gasteiger partial charge on any atom is -0.326 e. The molecule has 0 aromatic heterocycles. The lowest BCUT2D eigenvalue weighted by molar-refractivity contribution is 0.155. The third kappa shape index (κ3) is 4.12. The molecule has 0 heterocycles. The SMILES string of the molecule is CC1CCC(N(C)CC(N)C(C)C)CC1. The normalized spacial score (nSPS) is 29.8. The number of hydrogen-bond donors (Lipinski definition) is 1. The Labute approximate surface area is 95.2 Å². The van der Waals surface area contributed by atoms with Crippen LogP contribution in [0.1, 0.15) is 46.5 Å². The van der Waals surface area contributed by atoms with Gasteiger partial charge in [0.25, 0.3) is 0 Å². The molecular formula is C13H28N2.